The molecule has 4 unspecified atom stereocenters. The molecule has 0 aromatic heterocycles. The maximum Gasteiger partial charge on any atom is 0.332 e. The highest BCUT2D eigenvalue weighted by atomic mass is 32.2. The van der Waals surface area contributed by atoms with Crippen LogP contribution >= 0.6 is 0 Å². The molecular formula is C27H35NO3S. The van der Waals surface area contributed by atoms with Crippen molar-refractivity contribution in [2.75, 3.05) is 0 Å². The highest BCUT2D eigenvalue weighted by molar-refractivity contribution is 7.93. The minimum Gasteiger partial charge on any atom is -0.460 e. The lowest BCUT2D eigenvalue weighted by atomic mass is 9.75. The van der Waals surface area contributed by atoms with Gasteiger partial charge in [-0.15, -0.1) is 6.58 Å². The highest BCUT2D eigenvalue weighted by Crippen LogP contribution is 2.36. The summed E-state index contributed by atoms with van der Waals surface area (Å²) in [5.41, 5.74) is 0. The van der Waals surface area contributed by atoms with Crippen molar-refractivity contribution < 1.29 is 13.7 Å². The Labute approximate surface area is 193 Å². The molecule has 0 bridgehead atoms. The predicted octanol–water partition coefficient (Wildman–Crippen LogP) is 6.52. The quantitative estimate of drug-likeness (QED) is 0.338. The summed E-state index contributed by atoms with van der Waals surface area (Å²) in [7, 11) is -3.02. The zero-order valence-electron chi connectivity index (χ0n) is 19.4. The van der Waals surface area contributed by atoms with Crippen molar-refractivity contribution in [2.24, 2.45) is 22.1 Å². The van der Waals surface area contributed by atoms with Gasteiger partial charge in [-0.3, -0.25) is 0 Å². The Morgan fingerprint density at radius 1 is 1.09 bits per heavy atom. The van der Waals surface area contributed by atoms with Crippen LogP contribution in [0.1, 0.15) is 46.5 Å². The Hall–Kier alpha value is -2.40. The lowest BCUT2D eigenvalue weighted by Crippen LogP contribution is -2.38. The van der Waals surface area contributed by atoms with Crippen LogP contribution in [-0.2, 0) is 19.3 Å². The second kappa shape index (κ2) is 11.0. The van der Waals surface area contributed by atoms with Crippen molar-refractivity contribution >= 4 is 15.7 Å². The first kappa shape index (κ1) is 24.2. The van der Waals surface area contributed by atoms with Crippen LogP contribution in [0.15, 0.2) is 87.5 Å². The van der Waals surface area contributed by atoms with Gasteiger partial charge in [0.05, 0.1) is 9.79 Å². The van der Waals surface area contributed by atoms with E-state index >= 15 is 0 Å². The molecule has 172 valence electrons. The summed E-state index contributed by atoms with van der Waals surface area (Å²) < 4.78 is 25.0. The predicted molar refractivity (Wildman–Crippen MR) is 130 cm³/mol. The third-order valence-corrected chi connectivity index (χ3v) is 8.67. The van der Waals surface area contributed by atoms with E-state index in [1.165, 1.54) is 0 Å². The maximum absolute atomic E-state index is 14.3. The molecule has 2 aromatic carbocycles. The highest BCUT2D eigenvalue weighted by Gasteiger charge is 2.35. The fraction of sp³-hybridized carbons (Fsp3) is 0.444. The summed E-state index contributed by atoms with van der Waals surface area (Å²) in [6.45, 7) is 10.4. The first-order valence-corrected chi connectivity index (χ1v) is 13.0. The van der Waals surface area contributed by atoms with E-state index < -0.39 is 21.7 Å². The van der Waals surface area contributed by atoms with Gasteiger partial charge >= 0.3 is 5.97 Å². The lowest BCUT2D eigenvalue weighted by Gasteiger charge is -2.37. The monoisotopic (exact) mass is 453 g/mol. The van der Waals surface area contributed by atoms with Crippen LogP contribution in [0.5, 0.6) is 0 Å². The van der Waals surface area contributed by atoms with Crippen LogP contribution < -0.4 is 0 Å². The summed E-state index contributed by atoms with van der Waals surface area (Å²) in [4.78, 5) is 14.5. The average molecular weight is 454 g/mol. The Morgan fingerprint density at radius 3 is 2.16 bits per heavy atom. The van der Waals surface area contributed by atoms with E-state index in [1.54, 1.807) is 30.3 Å². The normalized spacial score (nSPS) is 22.2. The van der Waals surface area contributed by atoms with E-state index in [1.807, 2.05) is 36.4 Å². The van der Waals surface area contributed by atoms with Crippen LogP contribution in [0.2, 0.25) is 0 Å². The first-order chi connectivity index (χ1) is 15.3. The van der Waals surface area contributed by atoms with E-state index in [0.29, 0.717) is 27.5 Å². The Balaban J connectivity index is 1.98. The van der Waals surface area contributed by atoms with E-state index in [-0.39, 0.29) is 12.5 Å². The smallest absolute Gasteiger partial charge is 0.332 e. The topological polar surface area (TPSA) is 55.7 Å². The number of ether oxygens (including phenoxy) is 1. The summed E-state index contributed by atoms with van der Waals surface area (Å²) >= 11 is 0. The molecule has 0 N–H and O–H groups in total. The number of carbonyl (C=O) groups excluding carboxylic acids is 1. The van der Waals surface area contributed by atoms with Crippen molar-refractivity contribution in [1.29, 1.82) is 0 Å². The molecule has 1 fully saturated rings. The summed E-state index contributed by atoms with van der Waals surface area (Å²) in [6, 6.07) is 17.4. The van der Waals surface area contributed by atoms with Crippen LogP contribution in [0, 0.1) is 17.8 Å². The molecule has 2 aromatic rings. The largest absolute Gasteiger partial charge is 0.460 e. The van der Waals surface area contributed by atoms with Crippen molar-refractivity contribution in [2.45, 2.75) is 68.4 Å². The molecule has 1 aliphatic carbocycles. The molecule has 32 heavy (non-hydrogen) atoms. The summed E-state index contributed by atoms with van der Waals surface area (Å²) in [6.07, 6.45) is 4.89. The van der Waals surface area contributed by atoms with Crippen molar-refractivity contribution in [3.8, 4) is 0 Å². The zero-order chi connectivity index (χ0) is 23.1. The van der Waals surface area contributed by atoms with Gasteiger partial charge in [-0.25, -0.2) is 13.4 Å². The van der Waals surface area contributed by atoms with Crippen LogP contribution in [0.3, 0.4) is 0 Å². The molecule has 1 saturated carbocycles. The fourth-order valence-electron chi connectivity index (χ4n) is 4.47. The number of benzene rings is 2. The van der Waals surface area contributed by atoms with E-state index in [4.69, 9.17) is 4.74 Å². The van der Waals surface area contributed by atoms with E-state index in [0.717, 1.165) is 19.3 Å². The zero-order valence-corrected chi connectivity index (χ0v) is 20.2. The van der Waals surface area contributed by atoms with E-state index in [2.05, 4.69) is 31.7 Å². The third kappa shape index (κ3) is 5.69. The molecule has 0 radical (unpaired) electrons. The number of nitrogens with zero attached hydrogens (tertiary/aromatic N) is 1. The summed E-state index contributed by atoms with van der Waals surface area (Å²) in [5.74, 6) is 0.893. The van der Waals surface area contributed by atoms with Gasteiger partial charge in [-0.1, -0.05) is 69.7 Å². The molecular weight excluding hydrogens is 418 g/mol. The Bertz CT molecular complexity index is 964. The van der Waals surface area contributed by atoms with Gasteiger partial charge in [0, 0.05) is 0 Å². The van der Waals surface area contributed by atoms with Gasteiger partial charge in [-0.05, 0) is 61.3 Å². The Kier molecular flexibility index (Phi) is 8.30. The van der Waals surface area contributed by atoms with Gasteiger partial charge in [0.15, 0.2) is 6.04 Å². The minimum atomic E-state index is -3.02. The number of carbonyl (C=O) groups is 1. The minimum absolute atomic E-state index is 0.127. The number of esters is 1. The molecule has 0 amide bonds. The van der Waals surface area contributed by atoms with Gasteiger partial charge in [0.25, 0.3) is 0 Å². The Morgan fingerprint density at radius 2 is 1.66 bits per heavy atom. The first-order valence-electron chi connectivity index (χ1n) is 11.5. The second-order valence-electron chi connectivity index (χ2n) is 9.10. The molecule has 0 heterocycles. The molecule has 1 aliphatic rings. The van der Waals surface area contributed by atoms with Crippen LogP contribution in [-0.4, -0.2) is 22.3 Å². The second-order valence-corrected chi connectivity index (χ2v) is 11.3. The molecule has 0 saturated heterocycles. The third-order valence-electron chi connectivity index (χ3n) is 6.29. The van der Waals surface area contributed by atoms with Crippen LogP contribution in [0.25, 0.3) is 0 Å². The van der Waals surface area contributed by atoms with Gasteiger partial charge in [0.1, 0.15) is 15.8 Å². The van der Waals surface area contributed by atoms with Crippen molar-refractivity contribution in [3.63, 3.8) is 0 Å². The standard InChI is InChI=1S/C27H35NO3S/c1-5-12-25(27(29)31-26-19-21(4)17-18-24(26)20(2)3)28-32(30,22-13-8-6-9-14-22)23-15-10-7-11-16-23/h5-11,13-16,20-21,24-26H,1,12,17-19H2,2-4H3. The molecule has 3 rings (SSSR count). The van der Waals surface area contributed by atoms with Crippen molar-refractivity contribution in [3.05, 3.63) is 73.3 Å². The maximum atomic E-state index is 14.3. The SMILES string of the molecule is C=CCC(N=S(=O)(c1ccccc1)c1ccccc1)C(=O)OC1CC(C)CCC1C(C)C. The number of hydrogen-bond donors (Lipinski definition) is 0. The summed E-state index contributed by atoms with van der Waals surface area (Å²) in [5, 5.41) is 0. The van der Waals surface area contributed by atoms with Gasteiger partial charge < -0.3 is 4.74 Å². The van der Waals surface area contributed by atoms with Crippen molar-refractivity contribution in [1.82, 2.24) is 0 Å². The molecule has 4 nitrogen and oxygen atoms in total. The molecule has 0 aliphatic heterocycles. The van der Waals surface area contributed by atoms with E-state index in [9.17, 15) is 9.00 Å². The average Bonchev–Trinajstić information content (AvgIpc) is 2.79. The fourth-order valence-corrected chi connectivity index (χ4v) is 6.56. The number of rotatable bonds is 8. The lowest BCUT2D eigenvalue weighted by molar-refractivity contribution is -0.157. The van der Waals surface area contributed by atoms with Gasteiger partial charge in [0.2, 0.25) is 0 Å². The van der Waals surface area contributed by atoms with Crippen LogP contribution in [0.4, 0.5) is 0 Å². The molecule has 5 heteroatoms. The molecule has 4 atom stereocenters. The molecule has 0 spiro atoms. The van der Waals surface area contributed by atoms with Gasteiger partial charge in [-0.2, -0.15) is 0 Å². The number of hydrogen-bond acceptors (Lipinski definition) is 4.